The lowest BCUT2D eigenvalue weighted by atomic mass is 10.1. The second kappa shape index (κ2) is 12.4. The molecule has 50 heavy (non-hydrogen) atoms. The molecule has 240 valence electrons. The maximum Gasteiger partial charge on any atom is 0.330 e. The van der Waals surface area contributed by atoms with Crippen LogP contribution in [0.1, 0.15) is 0 Å². The predicted octanol–water partition coefficient (Wildman–Crippen LogP) is 9.33. The minimum atomic E-state index is -0.00148. The van der Waals surface area contributed by atoms with Crippen LogP contribution in [0.15, 0.2) is 133 Å². The molecule has 0 fully saturated rings. The van der Waals surface area contributed by atoms with E-state index in [0.717, 1.165) is 32.9 Å². The van der Waals surface area contributed by atoms with Crippen LogP contribution < -0.4 is 29.6 Å². The van der Waals surface area contributed by atoms with Crippen LogP contribution in [0.3, 0.4) is 0 Å². The van der Waals surface area contributed by atoms with E-state index in [0.29, 0.717) is 23.0 Å². The molecule has 8 bridgehead atoms. The molecule has 0 saturated heterocycles. The van der Waals surface area contributed by atoms with Crippen LogP contribution in [0.5, 0.6) is 47.0 Å². The van der Waals surface area contributed by atoms with Gasteiger partial charge >= 0.3 is 24.0 Å². The summed E-state index contributed by atoms with van der Waals surface area (Å²) in [4.78, 5) is 27.0. The zero-order valence-corrected chi connectivity index (χ0v) is 26.0. The fraction of sp³-hybridized carbons (Fsp3) is 0. The Balaban J connectivity index is 1.10. The molecule has 0 amide bonds. The molecule has 0 atom stereocenters. The summed E-state index contributed by atoms with van der Waals surface area (Å²) < 4.78 is 24.5. The smallest absolute Gasteiger partial charge is 0.330 e. The summed E-state index contributed by atoms with van der Waals surface area (Å²) in [6.45, 7) is 0. The number of aromatic nitrogens is 6. The summed E-state index contributed by atoms with van der Waals surface area (Å²) in [5.74, 6) is 2.02. The van der Waals surface area contributed by atoms with Crippen molar-refractivity contribution < 1.29 is 18.9 Å². The van der Waals surface area contributed by atoms with Gasteiger partial charge < -0.3 is 29.6 Å². The molecule has 2 aromatic heterocycles. The van der Waals surface area contributed by atoms with Gasteiger partial charge in [-0.05, 0) is 47.2 Å². The van der Waals surface area contributed by atoms with Crippen LogP contribution >= 0.6 is 0 Å². The van der Waals surface area contributed by atoms with Gasteiger partial charge in [0, 0.05) is 34.3 Å². The molecule has 12 nitrogen and oxygen atoms in total. The Labute approximate surface area is 284 Å². The average Bonchev–Trinajstić information content (AvgIpc) is 3.12. The zero-order valence-electron chi connectivity index (χ0n) is 26.0. The van der Waals surface area contributed by atoms with Gasteiger partial charge in [0.25, 0.3) is 0 Å². The van der Waals surface area contributed by atoms with Crippen molar-refractivity contribution in [3.8, 4) is 47.0 Å². The Morgan fingerprint density at radius 1 is 0.340 bits per heavy atom. The molecule has 0 unspecified atom stereocenters. The van der Waals surface area contributed by atoms with E-state index in [2.05, 4.69) is 40.5 Å². The number of hydrogen-bond donors (Lipinski definition) is 2. The Morgan fingerprint density at radius 2 is 0.680 bits per heavy atom. The third-order valence-electron chi connectivity index (χ3n) is 7.71. The first kappa shape index (κ1) is 28.8. The molecule has 0 radical (unpaired) electrons. The minimum Gasteiger partial charge on any atom is -0.424 e. The first-order valence-electron chi connectivity index (χ1n) is 15.6. The molecular weight excluding hydrogens is 632 g/mol. The summed E-state index contributed by atoms with van der Waals surface area (Å²) in [6, 6.07) is 41.8. The summed E-state index contributed by atoms with van der Waals surface area (Å²) >= 11 is 0. The number of fused-ring (bicyclic) bond motifs is 10. The van der Waals surface area contributed by atoms with E-state index < -0.39 is 0 Å². The first-order valence-corrected chi connectivity index (χ1v) is 15.6. The van der Waals surface area contributed by atoms with Crippen molar-refractivity contribution in [3.63, 3.8) is 0 Å². The van der Waals surface area contributed by atoms with Crippen LogP contribution in [0.25, 0.3) is 21.5 Å². The maximum atomic E-state index is 6.13. The summed E-state index contributed by atoms with van der Waals surface area (Å²) in [7, 11) is 0. The van der Waals surface area contributed by atoms with Gasteiger partial charge in [0.2, 0.25) is 11.9 Å². The van der Waals surface area contributed by atoms with Crippen molar-refractivity contribution in [1.82, 2.24) is 29.9 Å². The molecule has 1 aliphatic heterocycles. The largest absolute Gasteiger partial charge is 0.424 e. The third kappa shape index (κ3) is 6.07. The first-order chi connectivity index (χ1) is 24.7. The van der Waals surface area contributed by atoms with Crippen molar-refractivity contribution >= 4 is 44.8 Å². The minimum absolute atomic E-state index is 0.00148. The normalized spacial score (nSPS) is 11.8. The lowest BCUT2D eigenvalue weighted by Gasteiger charge is -2.14. The van der Waals surface area contributed by atoms with Crippen LogP contribution in [0.4, 0.5) is 23.3 Å². The maximum absolute atomic E-state index is 6.13. The SMILES string of the molecule is c1cc2cc(c1)Oc1nc(Nc3cccc4ccccc34)nc(n1)Oc1cccc(c1)Oc1nc(Nc3cccc4ccccc34)nc(n1)O2. The third-order valence-corrected chi connectivity index (χ3v) is 7.71. The highest BCUT2D eigenvalue weighted by atomic mass is 16.5. The Morgan fingerprint density at radius 3 is 1.08 bits per heavy atom. The highest BCUT2D eigenvalue weighted by molar-refractivity contribution is 5.95. The van der Waals surface area contributed by atoms with E-state index in [-0.39, 0.29) is 35.9 Å². The lowest BCUT2D eigenvalue weighted by molar-refractivity contribution is 0.382. The molecule has 3 heterocycles. The van der Waals surface area contributed by atoms with Gasteiger partial charge in [-0.15, -0.1) is 9.97 Å². The van der Waals surface area contributed by atoms with Gasteiger partial charge in [0.1, 0.15) is 23.0 Å². The number of hydrogen-bond acceptors (Lipinski definition) is 12. The fourth-order valence-corrected chi connectivity index (χ4v) is 5.50. The molecule has 0 saturated carbocycles. The van der Waals surface area contributed by atoms with Crippen LogP contribution in [0, 0.1) is 0 Å². The standard InChI is InChI=1S/C38H24N8O4/c1-3-17-29-23(9-1)11-5-19-31(29)39-33-41-35-45-36(42-33)48-26-14-8-16-28(22-26)50-38-44-34(40-32-20-6-12-24-10-2-4-18-30(24)32)43-37(46-38)49-27-15-7-13-25(21-27)47-35/h1-22H,(H,39,41,42,45)(H,40,43,44,46). The van der Waals surface area contributed by atoms with Crippen LogP contribution in [-0.2, 0) is 0 Å². The summed E-state index contributed by atoms with van der Waals surface area (Å²) in [6.07, 6.45) is 0. The van der Waals surface area contributed by atoms with Gasteiger partial charge in [-0.2, -0.15) is 19.9 Å². The Kier molecular flexibility index (Phi) is 7.13. The molecule has 2 N–H and O–H groups in total. The van der Waals surface area contributed by atoms with Crippen molar-refractivity contribution in [3.05, 3.63) is 133 Å². The molecule has 0 spiro atoms. The fourth-order valence-electron chi connectivity index (χ4n) is 5.50. The van der Waals surface area contributed by atoms with Gasteiger partial charge in [-0.3, -0.25) is 0 Å². The predicted molar refractivity (Wildman–Crippen MR) is 187 cm³/mol. The zero-order chi connectivity index (χ0) is 33.3. The topological polar surface area (TPSA) is 138 Å². The van der Waals surface area contributed by atoms with E-state index in [1.165, 1.54) is 0 Å². The van der Waals surface area contributed by atoms with E-state index in [4.69, 9.17) is 18.9 Å². The van der Waals surface area contributed by atoms with Gasteiger partial charge in [0.05, 0.1) is 0 Å². The van der Waals surface area contributed by atoms with Crippen LogP contribution in [-0.4, -0.2) is 29.9 Å². The highest BCUT2D eigenvalue weighted by Crippen LogP contribution is 2.34. The van der Waals surface area contributed by atoms with Crippen molar-refractivity contribution in [1.29, 1.82) is 0 Å². The Hall–Kier alpha value is -7.34. The van der Waals surface area contributed by atoms with Gasteiger partial charge in [-0.1, -0.05) is 84.9 Å². The number of benzene rings is 6. The highest BCUT2D eigenvalue weighted by Gasteiger charge is 2.17. The molecule has 1 aliphatic rings. The van der Waals surface area contributed by atoms with E-state index in [1.807, 2.05) is 84.9 Å². The molecular formula is C38H24N8O4. The number of ether oxygens (including phenoxy) is 4. The van der Waals surface area contributed by atoms with E-state index in [1.54, 1.807) is 48.5 Å². The number of nitrogens with one attached hydrogen (secondary N) is 2. The summed E-state index contributed by atoms with van der Waals surface area (Å²) in [5.41, 5.74) is 1.61. The van der Waals surface area contributed by atoms with E-state index >= 15 is 0 Å². The Bertz CT molecular complexity index is 2280. The number of nitrogens with zero attached hydrogens (tertiary/aromatic N) is 6. The molecule has 6 aromatic carbocycles. The second-order valence-corrected chi connectivity index (χ2v) is 11.1. The molecule has 12 heteroatoms. The van der Waals surface area contributed by atoms with Gasteiger partial charge in [-0.25, -0.2) is 0 Å². The van der Waals surface area contributed by atoms with Crippen molar-refractivity contribution in [2.75, 3.05) is 10.6 Å². The number of rotatable bonds is 4. The van der Waals surface area contributed by atoms with Crippen molar-refractivity contribution in [2.45, 2.75) is 0 Å². The molecule has 0 aliphatic carbocycles. The van der Waals surface area contributed by atoms with Crippen molar-refractivity contribution in [2.24, 2.45) is 0 Å². The lowest BCUT2D eigenvalue weighted by Crippen LogP contribution is -2.05. The molecule has 9 rings (SSSR count). The van der Waals surface area contributed by atoms with Crippen LogP contribution in [0.2, 0.25) is 0 Å². The number of anilines is 4. The molecule has 8 aromatic rings. The summed E-state index contributed by atoms with van der Waals surface area (Å²) in [5, 5.41) is 10.7. The average molecular weight is 657 g/mol. The van der Waals surface area contributed by atoms with Gasteiger partial charge in [0.15, 0.2) is 0 Å². The monoisotopic (exact) mass is 656 g/mol. The van der Waals surface area contributed by atoms with E-state index in [9.17, 15) is 0 Å². The second-order valence-electron chi connectivity index (χ2n) is 11.1. The quantitative estimate of drug-likeness (QED) is 0.187.